The van der Waals surface area contributed by atoms with E-state index in [9.17, 15) is 40.5 Å². The van der Waals surface area contributed by atoms with Crippen LogP contribution >= 0.6 is 22.7 Å². The van der Waals surface area contributed by atoms with Crippen molar-refractivity contribution in [3.8, 4) is 39.8 Å². The number of aliphatic hydroxyl groups excluding tert-OH is 1. The number of rotatable bonds is 2. The first-order valence-corrected chi connectivity index (χ1v) is 17.0. The van der Waals surface area contributed by atoms with E-state index in [-0.39, 0.29) is 55.7 Å². The van der Waals surface area contributed by atoms with E-state index in [1.54, 1.807) is 12.2 Å². The van der Waals surface area contributed by atoms with E-state index < -0.39 is 29.1 Å². The summed E-state index contributed by atoms with van der Waals surface area (Å²) in [7, 11) is 0. The van der Waals surface area contributed by atoms with Gasteiger partial charge in [-0.3, -0.25) is 14.4 Å². The van der Waals surface area contributed by atoms with Gasteiger partial charge >= 0.3 is 0 Å². The van der Waals surface area contributed by atoms with Crippen LogP contribution in [0, 0.1) is 45.3 Å². The number of hydrogen-bond donors (Lipinski definition) is 1. The third kappa shape index (κ3) is 4.45. The maximum Gasteiger partial charge on any atom is 0.197 e. The predicted molar refractivity (Wildman–Crippen MR) is 179 cm³/mol. The summed E-state index contributed by atoms with van der Waals surface area (Å²) in [6.45, 7) is 0. The molecular weight excluding hydrogens is 657 g/mol. The second-order valence-corrected chi connectivity index (χ2v) is 14.5. The molecule has 49 heavy (non-hydrogen) atoms. The largest absolute Gasteiger partial charge is 0.481 e. The summed E-state index contributed by atoms with van der Waals surface area (Å²) in [5, 5.41) is 48.9. The molecule has 1 saturated carbocycles. The molecule has 4 aromatic rings. The van der Waals surface area contributed by atoms with Crippen molar-refractivity contribution in [3.63, 3.8) is 0 Å². The van der Waals surface area contributed by atoms with E-state index in [0.717, 1.165) is 47.4 Å². The normalized spacial score (nSPS) is 18.9. The minimum absolute atomic E-state index is 0.0320. The van der Waals surface area contributed by atoms with E-state index in [2.05, 4.69) is 0 Å². The average molecular weight is 677 g/mol. The van der Waals surface area contributed by atoms with Crippen molar-refractivity contribution >= 4 is 52.2 Å². The fraction of sp³-hybridized carbons (Fsp3) is 0.184. The lowest BCUT2D eigenvalue weighted by molar-refractivity contribution is 0.0250. The summed E-state index contributed by atoms with van der Waals surface area (Å²) in [5.41, 5.74) is 1.41. The molecule has 0 bridgehead atoms. The number of benzene rings is 2. The van der Waals surface area contributed by atoms with Crippen LogP contribution in [-0.2, 0) is 5.60 Å². The van der Waals surface area contributed by atoms with Gasteiger partial charge in [0, 0.05) is 37.6 Å². The van der Waals surface area contributed by atoms with E-state index in [1.807, 2.05) is 36.4 Å². The molecule has 234 valence electrons. The van der Waals surface area contributed by atoms with Crippen LogP contribution in [0.15, 0.2) is 47.5 Å². The van der Waals surface area contributed by atoms with Crippen LogP contribution in [0.3, 0.4) is 0 Å². The number of ether oxygens (including phenoxy) is 1. The van der Waals surface area contributed by atoms with Crippen molar-refractivity contribution < 1.29 is 24.2 Å². The van der Waals surface area contributed by atoms with E-state index in [1.165, 1.54) is 46.9 Å². The van der Waals surface area contributed by atoms with Gasteiger partial charge in [0.05, 0.1) is 37.6 Å². The molecule has 8 rings (SSSR count). The fourth-order valence-electron chi connectivity index (χ4n) is 7.24. The highest BCUT2D eigenvalue weighted by Gasteiger charge is 2.44. The third-order valence-corrected chi connectivity index (χ3v) is 11.9. The quantitative estimate of drug-likeness (QED) is 0.169. The molecule has 1 N–H and O–H groups in total. The topological polar surface area (TPSA) is 176 Å². The maximum absolute atomic E-state index is 13.4. The molecule has 4 aliphatic rings. The van der Waals surface area contributed by atoms with Crippen molar-refractivity contribution in [1.29, 1.82) is 21.0 Å². The highest BCUT2D eigenvalue weighted by molar-refractivity contribution is 7.23. The monoisotopic (exact) mass is 676 g/mol. The summed E-state index contributed by atoms with van der Waals surface area (Å²) >= 11 is 2.82. The second-order valence-electron chi connectivity index (χ2n) is 12.3. The number of Topliss-reactive ketones (excluding diaryl/α,β-unsaturated/α-hetero) is 3. The number of allylic oxidation sites excluding steroid dienone is 1. The maximum atomic E-state index is 13.4. The lowest BCUT2D eigenvalue weighted by Gasteiger charge is -2.40. The molecule has 11 heteroatoms. The van der Waals surface area contributed by atoms with Crippen LogP contribution in [-0.4, -0.2) is 22.5 Å². The first-order valence-electron chi connectivity index (χ1n) is 15.4. The number of nitriles is 4. The zero-order valence-corrected chi connectivity index (χ0v) is 27.1. The number of aliphatic hydroxyl groups is 1. The highest BCUT2D eigenvalue weighted by atomic mass is 32.1. The van der Waals surface area contributed by atoms with Gasteiger partial charge in [0.2, 0.25) is 0 Å². The molecule has 0 radical (unpaired) electrons. The molecule has 3 aliphatic carbocycles. The number of thiophene rings is 2. The Morgan fingerprint density at radius 3 is 1.86 bits per heavy atom. The number of hydrogen-bond acceptors (Lipinski definition) is 11. The zero-order chi connectivity index (χ0) is 34.2. The van der Waals surface area contributed by atoms with Crippen LogP contribution in [0.4, 0.5) is 0 Å². The van der Waals surface area contributed by atoms with Gasteiger partial charge in [0.1, 0.15) is 41.7 Å². The molecule has 1 spiro atoms. The first kappa shape index (κ1) is 30.4. The smallest absolute Gasteiger partial charge is 0.197 e. The molecule has 0 saturated heterocycles. The Labute approximate surface area is 287 Å². The molecule has 2 aromatic heterocycles. The van der Waals surface area contributed by atoms with Gasteiger partial charge in [0.15, 0.2) is 17.3 Å². The Morgan fingerprint density at radius 2 is 1.24 bits per heavy atom. The van der Waals surface area contributed by atoms with Crippen molar-refractivity contribution in [2.24, 2.45) is 0 Å². The molecule has 1 unspecified atom stereocenters. The van der Waals surface area contributed by atoms with Crippen LogP contribution < -0.4 is 4.74 Å². The van der Waals surface area contributed by atoms with Crippen molar-refractivity contribution in [2.75, 3.05) is 0 Å². The van der Waals surface area contributed by atoms with E-state index >= 15 is 0 Å². The van der Waals surface area contributed by atoms with E-state index in [4.69, 9.17) is 4.74 Å². The van der Waals surface area contributed by atoms with Gasteiger partial charge in [-0.15, -0.1) is 22.7 Å². The molecule has 3 heterocycles. The Kier molecular flexibility index (Phi) is 6.86. The van der Waals surface area contributed by atoms with Gasteiger partial charge in [-0.1, -0.05) is 6.42 Å². The second kappa shape index (κ2) is 11.1. The third-order valence-electron chi connectivity index (χ3n) is 9.62. The Hall–Kier alpha value is -5.95. The molecule has 1 fully saturated rings. The Balaban J connectivity index is 1.20. The van der Waals surface area contributed by atoms with Crippen molar-refractivity contribution in [2.45, 2.75) is 43.8 Å². The van der Waals surface area contributed by atoms with Gasteiger partial charge < -0.3 is 9.84 Å². The van der Waals surface area contributed by atoms with Crippen molar-refractivity contribution in [3.05, 3.63) is 107 Å². The van der Waals surface area contributed by atoms with Crippen molar-refractivity contribution in [1.82, 2.24) is 0 Å². The lowest BCUT2D eigenvalue weighted by Crippen LogP contribution is -2.37. The predicted octanol–water partition coefficient (Wildman–Crippen LogP) is 7.29. The number of fused-ring (bicyclic) bond motifs is 6. The van der Waals surface area contributed by atoms with Crippen LogP contribution in [0.2, 0.25) is 0 Å². The minimum Gasteiger partial charge on any atom is -0.481 e. The molecular formula is C38H20N4O5S2. The zero-order valence-electron chi connectivity index (χ0n) is 25.4. The van der Waals surface area contributed by atoms with Gasteiger partial charge in [-0.05, 0) is 79.8 Å². The van der Waals surface area contributed by atoms with Crippen LogP contribution in [0.25, 0.3) is 21.9 Å². The Morgan fingerprint density at radius 1 is 0.694 bits per heavy atom. The first-order chi connectivity index (χ1) is 23.7. The summed E-state index contributed by atoms with van der Waals surface area (Å²) in [4.78, 5) is 43.3. The molecule has 1 aliphatic heterocycles. The standard InChI is InChI=1S/C38H20N4O5S2/c39-14-18-6-24-25(7-19(18)15-40)33(44)28(32(24)43)10-22-12-30-36(48-22)37-31(47-38(30)4-2-1-3-5-38)13-23(49-37)11-29-34(45)26-8-20(16-41)21(17-42)9-27(26)35(29)46/h6-13,34,45H,1-5H2/b29-11+. The van der Waals surface area contributed by atoms with Crippen LogP contribution in [0.1, 0.15) is 112 Å². The Bertz CT molecular complexity index is 2430. The fourth-order valence-corrected chi connectivity index (χ4v) is 9.62. The van der Waals surface area contributed by atoms with Crippen LogP contribution in [0.5, 0.6) is 5.75 Å². The molecule has 0 amide bonds. The number of carbonyl (C=O) groups is 3. The minimum atomic E-state index is -1.26. The average Bonchev–Trinajstić information content (AvgIpc) is 3.85. The summed E-state index contributed by atoms with van der Waals surface area (Å²) in [6.07, 6.45) is 6.51. The molecule has 9 nitrogen and oxygen atoms in total. The summed E-state index contributed by atoms with van der Waals surface area (Å²) in [5.74, 6) is -0.754. The van der Waals surface area contributed by atoms with Gasteiger partial charge in [-0.25, -0.2) is 0 Å². The van der Waals surface area contributed by atoms with Gasteiger partial charge in [-0.2, -0.15) is 21.0 Å². The summed E-state index contributed by atoms with van der Waals surface area (Å²) < 4.78 is 6.79. The molecule has 1 atom stereocenters. The molecule has 2 aromatic carbocycles. The lowest BCUT2D eigenvalue weighted by atomic mass is 9.78. The van der Waals surface area contributed by atoms with E-state index in [0.29, 0.717) is 15.5 Å². The number of nitrogens with zero attached hydrogens (tertiary/aromatic N) is 4. The summed E-state index contributed by atoms with van der Waals surface area (Å²) in [6, 6.07) is 16.9. The number of carbonyl (C=O) groups excluding carboxylic acids is 3. The number of ketones is 3. The van der Waals surface area contributed by atoms with Gasteiger partial charge in [0.25, 0.3) is 0 Å². The highest BCUT2D eigenvalue weighted by Crippen LogP contribution is 2.57. The SMILES string of the molecule is N#Cc1cc2c(cc1C#N)C(=O)C(=Cc1cc3c(s1)-c1sc(/C=C4/C(=O)c5cc(C#N)c(C#N)cc5C4O)cc1OC31CCCCC1)C2=O.